The van der Waals surface area contributed by atoms with Gasteiger partial charge in [0.2, 0.25) is 0 Å². The summed E-state index contributed by atoms with van der Waals surface area (Å²) in [4.78, 5) is 36.4. The van der Waals surface area contributed by atoms with Gasteiger partial charge in [0.15, 0.2) is 23.3 Å². The third-order valence-corrected chi connectivity index (χ3v) is 8.94. The van der Waals surface area contributed by atoms with Crippen molar-refractivity contribution in [3.05, 3.63) is 93.9 Å². The topological polar surface area (TPSA) is 109 Å². The van der Waals surface area contributed by atoms with Gasteiger partial charge in [0, 0.05) is 66.2 Å². The summed E-state index contributed by atoms with van der Waals surface area (Å²) in [5, 5.41) is 3.84. The second kappa shape index (κ2) is 10.2. The standard InChI is InChI=1S/C32H15Cl3N8.Au/c33-21-13-20-22(24(35)23(21)34)32-42-30-19-12-6-5-11-18(19)28(40-30)38-26-15-8-2-1-7-14(15)25(36-26)37-27-16-9-3-4-10-17(16)29(39-27)41-31(20)43-32;/h1-13H,(H2,36,37,38,39,40,41,42,43);. The van der Waals surface area contributed by atoms with Crippen molar-refractivity contribution in [2.75, 3.05) is 0 Å². The Morgan fingerprint density at radius 3 is 1.30 bits per heavy atom. The fourth-order valence-electron chi connectivity index (χ4n) is 5.70. The van der Waals surface area contributed by atoms with E-state index in [4.69, 9.17) is 64.7 Å². The molecule has 12 heteroatoms. The van der Waals surface area contributed by atoms with Gasteiger partial charge in [0.25, 0.3) is 0 Å². The van der Waals surface area contributed by atoms with E-state index >= 15 is 0 Å². The van der Waals surface area contributed by atoms with Crippen molar-refractivity contribution >= 4 is 78.9 Å². The average molecular weight is 815 g/mol. The fraction of sp³-hybridized carbons (Fsp3) is 0. The molecule has 0 atom stereocenters. The van der Waals surface area contributed by atoms with Gasteiger partial charge in [-0.15, -0.1) is 0 Å². The molecule has 8 bridgehead atoms. The molecule has 0 unspecified atom stereocenters. The first kappa shape index (κ1) is 27.4. The van der Waals surface area contributed by atoms with Crippen molar-refractivity contribution < 1.29 is 22.4 Å². The SMILES string of the molecule is Clc1cc2c3nc4nc(nc5[nH]c(nc6nc(nc([nH]3)c2c(Cl)c1Cl)-c1ccccc1-6)c1ccccc51)-c1ccccc1-4.[Au]. The summed E-state index contributed by atoms with van der Waals surface area (Å²) in [5.41, 5.74) is 5.56. The Morgan fingerprint density at radius 1 is 0.432 bits per heavy atom. The molecule has 0 fully saturated rings. The number of H-pyrrole nitrogens is 2. The third-order valence-electron chi connectivity index (χ3n) is 7.68. The Balaban J connectivity index is 0.00000289. The van der Waals surface area contributed by atoms with E-state index in [1.165, 1.54) is 0 Å². The van der Waals surface area contributed by atoms with E-state index in [9.17, 15) is 0 Å². The Morgan fingerprint density at radius 2 is 0.818 bits per heavy atom. The summed E-state index contributed by atoms with van der Waals surface area (Å²) in [5.74, 6) is 2.00. The van der Waals surface area contributed by atoms with Gasteiger partial charge in [-0.25, -0.2) is 29.9 Å². The zero-order valence-corrected chi connectivity index (χ0v) is 26.6. The largest absolute Gasteiger partial charge is 0.324 e. The number of halogens is 3. The van der Waals surface area contributed by atoms with E-state index in [1.54, 1.807) is 6.07 Å². The van der Waals surface area contributed by atoms with Gasteiger partial charge in [0.05, 0.1) is 15.1 Å². The zero-order valence-electron chi connectivity index (χ0n) is 22.1. The molecular weight excluding hydrogens is 800 g/mol. The number of aromatic nitrogens is 8. The van der Waals surface area contributed by atoms with Gasteiger partial charge in [-0.05, 0) is 6.07 Å². The fourth-order valence-corrected chi connectivity index (χ4v) is 6.39. The first-order valence-electron chi connectivity index (χ1n) is 13.3. The zero-order chi connectivity index (χ0) is 28.8. The number of fused-ring (bicyclic) bond motifs is 20. The maximum atomic E-state index is 6.79. The van der Waals surface area contributed by atoms with Crippen molar-refractivity contribution in [1.82, 2.24) is 39.9 Å². The Kier molecular flexibility index (Phi) is 6.36. The molecule has 0 saturated heterocycles. The summed E-state index contributed by atoms with van der Waals surface area (Å²) in [6.07, 6.45) is 0. The first-order chi connectivity index (χ1) is 21.0. The Bertz CT molecular complexity index is 2520. The van der Waals surface area contributed by atoms with Gasteiger partial charge in [0.1, 0.15) is 22.6 Å². The number of nitrogens with one attached hydrogen (secondary N) is 2. The number of hydrogen-bond acceptors (Lipinski definition) is 6. The predicted octanol–water partition coefficient (Wildman–Crippen LogP) is 8.83. The minimum absolute atomic E-state index is 0. The molecule has 5 heterocycles. The van der Waals surface area contributed by atoms with E-state index < -0.39 is 0 Å². The smallest absolute Gasteiger partial charge is 0.164 e. The molecule has 0 aliphatic carbocycles. The van der Waals surface area contributed by atoms with Crippen molar-refractivity contribution in [2.24, 2.45) is 0 Å². The van der Waals surface area contributed by atoms with Crippen LogP contribution in [0.25, 0.3) is 89.7 Å². The molecule has 1 radical (unpaired) electrons. The molecule has 9 rings (SSSR count). The van der Waals surface area contributed by atoms with Crippen LogP contribution in [0.1, 0.15) is 0 Å². The second-order valence-corrected chi connectivity index (χ2v) is 11.3. The van der Waals surface area contributed by atoms with E-state index in [0.717, 1.165) is 33.0 Å². The summed E-state index contributed by atoms with van der Waals surface area (Å²) >= 11 is 19.8. The second-order valence-electron chi connectivity index (χ2n) is 10.2. The van der Waals surface area contributed by atoms with Crippen molar-refractivity contribution in [3.8, 4) is 45.6 Å². The summed E-state index contributed by atoms with van der Waals surface area (Å²) < 4.78 is 0. The molecule has 8 nitrogen and oxygen atoms in total. The number of rotatable bonds is 0. The number of nitrogens with zero attached hydrogens (tertiary/aromatic N) is 6. The minimum atomic E-state index is 0. The molecule has 44 heavy (non-hydrogen) atoms. The van der Waals surface area contributed by atoms with E-state index in [-0.39, 0.29) is 32.4 Å². The van der Waals surface area contributed by atoms with Crippen LogP contribution in [0.3, 0.4) is 0 Å². The number of benzene rings is 4. The molecule has 4 aromatic carbocycles. The summed E-state index contributed by atoms with van der Waals surface area (Å²) in [6.45, 7) is 0. The summed E-state index contributed by atoms with van der Waals surface area (Å²) in [7, 11) is 0. The third kappa shape index (κ3) is 4.04. The van der Waals surface area contributed by atoms with Crippen molar-refractivity contribution in [3.63, 3.8) is 0 Å². The molecule has 2 N–H and O–H groups in total. The van der Waals surface area contributed by atoms with Crippen LogP contribution in [-0.2, 0) is 22.4 Å². The van der Waals surface area contributed by atoms with Crippen molar-refractivity contribution in [1.29, 1.82) is 0 Å². The van der Waals surface area contributed by atoms with Gasteiger partial charge in [-0.3, -0.25) is 0 Å². The van der Waals surface area contributed by atoms with Crippen LogP contribution in [0.4, 0.5) is 0 Å². The Labute approximate surface area is 279 Å². The van der Waals surface area contributed by atoms with Crippen LogP contribution in [0.5, 0.6) is 0 Å². The van der Waals surface area contributed by atoms with Crippen LogP contribution in [0.15, 0.2) is 78.9 Å². The van der Waals surface area contributed by atoms with Crippen LogP contribution in [0, 0.1) is 0 Å². The maximum Gasteiger partial charge on any atom is 0.164 e. The minimum Gasteiger partial charge on any atom is -0.324 e. The van der Waals surface area contributed by atoms with Crippen LogP contribution in [-0.4, -0.2) is 39.9 Å². The first-order valence-corrected chi connectivity index (χ1v) is 14.4. The molecule has 215 valence electrons. The van der Waals surface area contributed by atoms with Crippen LogP contribution >= 0.6 is 34.8 Å². The monoisotopic (exact) mass is 813 g/mol. The van der Waals surface area contributed by atoms with Gasteiger partial charge >= 0.3 is 0 Å². The molecule has 2 aliphatic rings. The van der Waals surface area contributed by atoms with Gasteiger partial charge in [-0.1, -0.05) is 108 Å². The molecule has 0 amide bonds. The molecular formula is C32H15AuCl3N8. The number of aromatic amines is 2. The summed E-state index contributed by atoms with van der Waals surface area (Å²) in [6, 6.07) is 25.4. The van der Waals surface area contributed by atoms with Gasteiger partial charge < -0.3 is 9.97 Å². The average Bonchev–Trinajstić information content (AvgIpc) is 3.75. The molecule has 0 saturated carbocycles. The molecule has 0 spiro atoms. The Hall–Kier alpha value is -4.15. The molecule has 3 aromatic heterocycles. The predicted molar refractivity (Wildman–Crippen MR) is 171 cm³/mol. The molecule has 7 aromatic rings. The quantitative estimate of drug-likeness (QED) is 0.117. The normalized spacial score (nSPS) is 11.8. The van der Waals surface area contributed by atoms with E-state index in [2.05, 4.69) is 9.97 Å². The van der Waals surface area contributed by atoms with E-state index in [1.807, 2.05) is 72.8 Å². The van der Waals surface area contributed by atoms with E-state index in [0.29, 0.717) is 61.7 Å². The number of hydrogen-bond donors (Lipinski definition) is 2. The maximum absolute atomic E-state index is 6.79. The van der Waals surface area contributed by atoms with Gasteiger partial charge in [-0.2, -0.15) is 0 Å². The molecule has 2 aliphatic heterocycles. The van der Waals surface area contributed by atoms with Crippen LogP contribution in [0.2, 0.25) is 15.1 Å². The van der Waals surface area contributed by atoms with Crippen LogP contribution < -0.4 is 0 Å². The van der Waals surface area contributed by atoms with Crippen molar-refractivity contribution in [2.45, 2.75) is 0 Å².